The van der Waals surface area contributed by atoms with Crippen molar-refractivity contribution in [1.82, 2.24) is 4.57 Å². The molecule has 5 heteroatoms. The highest BCUT2D eigenvalue weighted by Gasteiger charge is 2.17. The third-order valence-corrected chi connectivity index (χ3v) is 5.07. The van der Waals surface area contributed by atoms with E-state index < -0.39 is 12.1 Å². The molecule has 0 saturated heterocycles. The van der Waals surface area contributed by atoms with Gasteiger partial charge in [-0.2, -0.15) is 0 Å². The van der Waals surface area contributed by atoms with Crippen LogP contribution in [0.3, 0.4) is 0 Å². The number of aliphatic carboxylic acids is 1. The van der Waals surface area contributed by atoms with Crippen LogP contribution in [0.2, 0.25) is 0 Å². The van der Waals surface area contributed by atoms with E-state index in [1.807, 2.05) is 30.3 Å². The van der Waals surface area contributed by atoms with E-state index in [-0.39, 0.29) is 0 Å². The van der Waals surface area contributed by atoms with E-state index in [4.69, 9.17) is 9.47 Å². The van der Waals surface area contributed by atoms with Crippen molar-refractivity contribution in [3.8, 4) is 17.0 Å². The summed E-state index contributed by atoms with van der Waals surface area (Å²) in [5, 5.41) is 9.22. The number of aromatic nitrogens is 1. The monoisotopic (exact) mass is 407 g/mol. The number of ether oxygens (including phenoxy) is 2. The molecule has 158 valence electrons. The summed E-state index contributed by atoms with van der Waals surface area (Å²) in [6, 6.07) is 22.3. The Morgan fingerprint density at radius 2 is 1.73 bits per heavy atom. The lowest BCUT2D eigenvalue weighted by Gasteiger charge is -2.15. The molecule has 0 amide bonds. The van der Waals surface area contributed by atoms with Crippen molar-refractivity contribution in [2.45, 2.75) is 39.3 Å². The van der Waals surface area contributed by atoms with E-state index >= 15 is 0 Å². The van der Waals surface area contributed by atoms with Crippen molar-refractivity contribution in [3.05, 3.63) is 78.0 Å². The molecule has 1 heterocycles. The fourth-order valence-corrected chi connectivity index (χ4v) is 3.55. The second-order valence-electron chi connectivity index (χ2n) is 7.06. The molecule has 0 aliphatic heterocycles. The zero-order valence-electron chi connectivity index (χ0n) is 17.6. The van der Waals surface area contributed by atoms with Crippen LogP contribution in [0.15, 0.2) is 66.7 Å². The molecular formula is C25H29NO4. The molecule has 5 nitrogen and oxygen atoms in total. The molecule has 0 bridgehead atoms. The average Bonchev–Trinajstić information content (AvgIpc) is 3.18. The van der Waals surface area contributed by atoms with Crippen LogP contribution in [0.5, 0.6) is 5.75 Å². The molecule has 0 saturated carbocycles. The lowest BCUT2D eigenvalue weighted by atomic mass is 10.1. The molecular weight excluding hydrogens is 378 g/mol. The molecule has 0 aliphatic rings. The van der Waals surface area contributed by atoms with Crippen LogP contribution in [0.1, 0.15) is 25.1 Å². The Kier molecular flexibility index (Phi) is 7.69. The normalized spacial score (nSPS) is 11.9. The summed E-state index contributed by atoms with van der Waals surface area (Å²) in [6.45, 7) is 5.64. The first-order valence-electron chi connectivity index (χ1n) is 10.4. The summed E-state index contributed by atoms with van der Waals surface area (Å²) in [6.07, 6.45) is 0.485. The standard InChI is InChI=1S/C25H29NO4/c1-3-21-12-15-23(20-8-6-5-7-9-20)26(21)16-17-30-22-13-10-19(11-14-22)18-24(25(27)28)29-4-2/h5-15,24H,3-4,16-18H2,1-2H3,(H,27,28)/t24-/m0/s1. The Bertz CT molecular complexity index is 932. The minimum Gasteiger partial charge on any atom is -0.492 e. The number of aryl methyl sites for hydroxylation is 1. The van der Waals surface area contributed by atoms with Gasteiger partial charge in [0, 0.05) is 24.4 Å². The zero-order valence-corrected chi connectivity index (χ0v) is 17.6. The van der Waals surface area contributed by atoms with Gasteiger partial charge in [0.25, 0.3) is 0 Å². The smallest absolute Gasteiger partial charge is 0.333 e. The maximum atomic E-state index is 11.2. The Morgan fingerprint density at radius 3 is 2.37 bits per heavy atom. The van der Waals surface area contributed by atoms with Gasteiger partial charge in [-0.3, -0.25) is 0 Å². The number of hydrogen-bond acceptors (Lipinski definition) is 3. The van der Waals surface area contributed by atoms with Crippen LogP contribution in [-0.2, 0) is 28.9 Å². The molecule has 1 N–H and O–H groups in total. The molecule has 1 atom stereocenters. The van der Waals surface area contributed by atoms with Crippen LogP contribution in [0.25, 0.3) is 11.3 Å². The van der Waals surface area contributed by atoms with Gasteiger partial charge >= 0.3 is 5.97 Å². The van der Waals surface area contributed by atoms with E-state index in [1.165, 1.54) is 17.0 Å². The van der Waals surface area contributed by atoms with Crippen LogP contribution in [-0.4, -0.2) is 35.0 Å². The molecule has 3 rings (SSSR count). The first-order valence-corrected chi connectivity index (χ1v) is 10.4. The van der Waals surface area contributed by atoms with Gasteiger partial charge in [-0.1, -0.05) is 49.4 Å². The van der Waals surface area contributed by atoms with Crippen molar-refractivity contribution in [3.63, 3.8) is 0 Å². The van der Waals surface area contributed by atoms with Crippen LogP contribution in [0.4, 0.5) is 0 Å². The summed E-state index contributed by atoms with van der Waals surface area (Å²) < 4.78 is 13.5. The Morgan fingerprint density at radius 1 is 1.00 bits per heavy atom. The van der Waals surface area contributed by atoms with Crippen molar-refractivity contribution >= 4 is 5.97 Å². The highest BCUT2D eigenvalue weighted by molar-refractivity contribution is 5.72. The lowest BCUT2D eigenvalue weighted by molar-refractivity contribution is -0.149. The van der Waals surface area contributed by atoms with Gasteiger partial charge < -0.3 is 19.1 Å². The quantitative estimate of drug-likeness (QED) is 0.495. The number of rotatable bonds is 11. The molecule has 30 heavy (non-hydrogen) atoms. The third-order valence-electron chi connectivity index (χ3n) is 5.07. The number of carboxylic acids is 1. The van der Waals surface area contributed by atoms with Gasteiger partial charge in [0.15, 0.2) is 6.10 Å². The Balaban J connectivity index is 1.61. The van der Waals surface area contributed by atoms with E-state index in [0.717, 1.165) is 24.3 Å². The predicted octanol–water partition coefficient (Wildman–Crippen LogP) is 4.83. The predicted molar refractivity (Wildman–Crippen MR) is 118 cm³/mol. The minimum atomic E-state index is -0.940. The minimum absolute atomic E-state index is 0.340. The second-order valence-corrected chi connectivity index (χ2v) is 7.06. The van der Waals surface area contributed by atoms with Gasteiger partial charge in [0.1, 0.15) is 12.4 Å². The van der Waals surface area contributed by atoms with E-state index in [0.29, 0.717) is 19.6 Å². The van der Waals surface area contributed by atoms with Crippen LogP contribution >= 0.6 is 0 Å². The van der Waals surface area contributed by atoms with Crippen molar-refractivity contribution in [2.24, 2.45) is 0 Å². The van der Waals surface area contributed by atoms with Crippen LogP contribution < -0.4 is 4.74 Å². The molecule has 1 aromatic heterocycles. The SMILES string of the molecule is CCO[C@@H](Cc1ccc(OCCn2c(CC)ccc2-c2ccccc2)cc1)C(=O)O. The molecule has 0 spiro atoms. The van der Waals surface area contributed by atoms with Crippen molar-refractivity contribution in [1.29, 1.82) is 0 Å². The van der Waals surface area contributed by atoms with Crippen molar-refractivity contribution < 1.29 is 19.4 Å². The topological polar surface area (TPSA) is 60.7 Å². The second kappa shape index (κ2) is 10.6. The average molecular weight is 408 g/mol. The molecule has 0 unspecified atom stereocenters. The largest absolute Gasteiger partial charge is 0.492 e. The maximum absolute atomic E-state index is 11.2. The highest BCUT2D eigenvalue weighted by Crippen LogP contribution is 2.23. The number of hydrogen-bond donors (Lipinski definition) is 1. The van der Waals surface area contributed by atoms with Gasteiger partial charge in [0.2, 0.25) is 0 Å². The summed E-state index contributed by atoms with van der Waals surface area (Å²) in [7, 11) is 0. The Labute approximate surface area is 177 Å². The zero-order chi connectivity index (χ0) is 21.3. The van der Waals surface area contributed by atoms with E-state index in [1.54, 1.807) is 6.92 Å². The maximum Gasteiger partial charge on any atom is 0.333 e. The Hall–Kier alpha value is -3.05. The summed E-state index contributed by atoms with van der Waals surface area (Å²) in [5.41, 5.74) is 4.59. The fraction of sp³-hybridized carbons (Fsp3) is 0.320. The van der Waals surface area contributed by atoms with Gasteiger partial charge in [-0.25, -0.2) is 4.79 Å². The molecule has 0 aliphatic carbocycles. The molecule has 0 fully saturated rings. The number of nitrogens with zero attached hydrogens (tertiary/aromatic N) is 1. The summed E-state index contributed by atoms with van der Waals surface area (Å²) >= 11 is 0. The van der Waals surface area contributed by atoms with Crippen LogP contribution in [0, 0.1) is 0 Å². The molecule has 2 aromatic carbocycles. The lowest BCUT2D eigenvalue weighted by Crippen LogP contribution is -2.26. The number of carbonyl (C=O) groups is 1. The van der Waals surface area contributed by atoms with Gasteiger partial charge in [-0.15, -0.1) is 0 Å². The van der Waals surface area contributed by atoms with E-state index in [2.05, 4.69) is 47.9 Å². The van der Waals surface area contributed by atoms with Gasteiger partial charge in [0.05, 0.1) is 6.54 Å². The summed E-state index contributed by atoms with van der Waals surface area (Å²) in [5.74, 6) is -0.168. The first-order chi connectivity index (χ1) is 14.6. The number of carboxylic acid groups (broad SMARTS) is 1. The third kappa shape index (κ3) is 5.51. The highest BCUT2D eigenvalue weighted by atomic mass is 16.5. The molecule has 3 aromatic rings. The van der Waals surface area contributed by atoms with Crippen molar-refractivity contribution in [2.75, 3.05) is 13.2 Å². The first kappa shape index (κ1) is 21.7. The van der Waals surface area contributed by atoms with Gasteiger partial charge in [-0.05, 0) is 48.7 Å². The fourth-order valence-electron chi connectivity index (χ4n) is 3.55. The summed E-state index contributed by atoms with van der Waals surface area (Å²) in [4.78, 5) is 11.2. The number of benzene rings is 2. The van der Waals surface area contributed by atoms with E-state index in [9.17, 15) is 9.90 Å². The molecule has 0 radical (unpaired) electrons.